The molecule has 2 aliphatic heterocycles. The third-order valence-corrected chi connectivity index (χ3v) is 3.05. The van der Waals surface area contributed by atoms with E-state index < -0.39 is 17.6 Å². The van der Waals surface area contributed by atoms with Crippen LogP contribution in [0.4, 0.5) is 0 Å². The van der Waals surface area contributed by atoms with Crippen LogP contribution >= 0.6 is 0 Å². The number of methoxy groups -OCH3 is 1. The second kappa shape index (κ2) is 3.71. The van der Waals surface area contributed by atoms with Crippen molar-refractivity contribution in [3.05, 3.63) is 0 Å². The molecule has 2 heterocycles. The maximum atomic E-state index is 12.1. The first-order chi connectivity index (χ1) is 7.47. The third-order valence-electron chi connectivity index (χ3n) is 3.05. The highest BCUT2D eigenvalue weighted by molar-refractivity contribution is 5.91. The lowest BCUT2D eigenvalue weighted by atomic mass is 9.99. The molecule has 0 aromatic heterocycles. The first-order valence-electron chi connectivity index (χ1n) is 5.24. The molecule has 6 heteroatoms. The molecule has 0 aromatic rings. The molecule has 1 unspecified atom stereocenters. The second-order valence-electron chi connectivity index (χ2n) is 4.55. The minimum Gasteiger partial charge on any atom is -0.467 e. The van der Waals surface area contributed by atoms with Gasteiger partial charge >= 0.3 is 5.97 Å². The Hall–Kier alpha value is -1.14. The van der Waals surface area contributed by atoms with E-state index in [1.165, 1.54) is 12.0 Å². The highest BCUT2D eigenvalue weighted by Crippen LogP contribution is 2.26. The Kier molecular flexibility index (Phi) is 2.63. The van der Waals surface area contributed by atoms with Gasteiger partial charge in [-0.1, -0.05) is 0 Å². The highest BCUT2D eigenvalue weighted by atomic mass is 16.5. The molecule has 2 aliphatic rings. The van der Waals surface area contributed by atoms with Crippen molar-refractivity contribution in [1.82, 2.24) is 10.2 Å². The number of nitrogens with zero attached hydrogens (tertiary/aromatic N) is 1. The van der Waals surface area contributed by atoms with Gasteiger partial charge in [0.25, 0.3) is 0 Å². The summed E-state index contributed by atoms with van der Waals surface area (Å²) in [6.07, 6.45) is -0.357. The monoisotopic (exact) mass is 228 g/mol. The predicted molar refractivity (Wildman–Crippen MR) is 54.5 cm³/mol. The normalized spacial score (nSPS) is 32.4. The zero-order valence-corrected chi connectivity index (χ0v) is 9.65. The summed E-state index contributed by atoms with van der Waals surface area (Å²) in [6, 6.07) is -0.608. The van der Waals surface area contributed by atoms with Crippen LogP contribution in [0.3, 0.4) is 0 Å². The lowest BCUT2D eigenvalue weighted by Gasteiger charge is -2.40. The fourth-order valence-electron chi connectivity index (χ4n) is 2.05. The van der Waals surface area contributed by atoms with Crippen LogP contribution in [0.25, 0.3) is 0 Å². The molecule has 0 spiro atoms. The topological polar surface area (TPSA) is 67.9 Å². The number of nitrogens with one attached hydrogen (secondary N) is 1. The summed E-state index contributed by atoms with van der Waals surface area (Å²) < 4.78 is 10.1. The summed E-state index contributed by atoms with van der Waals surface area (Å²) in [5, 5.41) is 3.09. The van der Waals surface area contributed by atoms with E-state index in [2.05, 4.69) is 10.1 Å². The largest absolute Gasteiger partial charge is 0.467 e. The molecule has 2 fully saturated rings. The van der Waals surface area contributed by atoms with Crippen molar-refractivity contribution in [2.75, 3.05) is 20.3 Å². The Bertz CT molecular complexity index is 329. The number of piperazine rings is 1. The molecule has 1 N–H and O–H groups in total. The van der Waals surface area contributed by atoms with E-state index in [1.54, 1.807) is 13.8 Å². The molecule has 0 aromatic carbocycles. The molecule has 2 atom stereocenters. The van der Waals surface area contributed by atoms with Gasteiger partial charge < -0.3 is 9.47 Å². The summed E-state index contributed by atoms with van der Waals surface area (Å²) >= 11 is 0. The van der Waals surface area contributed by atoms with Crippen molar-refractivity contribution < 1.29 is 19.1 Å². The number of carbonyl (C=O) groups is 2. The van der Waals surface area contributed by atoms with Gasteiger partial charge in [0.1, 0.15) is 6.23 Å². The van der Waals surface area contributed by atoms with Gasteiger partial charge in [-0.3, -0.25) is 15.0 Å². The van der Waals surface area contributed by atoms with Crippen molar-refractivity contribution in [2.45, 2.75) is 31.7 Å². The molecule has 0 bridgehead atoms. The molecule has 16 heavy (non-hydrogen) atoms. The van der Waals surface area contributed by atoms with Crippen molar-refractivity contribution in [1.29, 1.82) is 0 Å². The van der Waals surface area contributed by atoms with Gasteiger partial charge in [0, 0.05) is 6.54 Å². The van der Waals surface area contributed by atoms with E-state index in [-0.39, 0.29) is 18.7 Å². The molecule has 90 valence electrons. The molecular weight excluding hydrogens is 212 g/mol. The van der Waals surface area contributed by atoms with E-state index in [0.29, 0.717) is 6.54 Å². The van der Waals surface area contributed by atoms with Crippen LogP contribution in [0, 0.1) is 0 Å². The van der Waals surface area contributed by atoms with E-state index in [4.69, 9.17) is 4.74 Å². The maximum Gasteiger partial charge on any atom is 0.331 e. The van der Waals surface area contributed by atoms with Gasteiger partial charge in [-0.2, -0.15) is 0 Å². The molecular formula is C10H16N2O4. The minimum atomic E-state index is -0.656. The maximum absolute atomic E-state index is 12.1. The van der Waals surface area contributed by atoms with Gasteiger partial charge in [-0.05, 0) is 13.8 Å². The van der Waals surface area contributed by atoms with E-state index in [0.717, 1.165) is 0 Å². The van der Waals surface area contributed by atoms with Crippen molar-refractivity contribution in [3.63, 3.8) is 0 Å². The standard InChI is InChI=1S/C10H16N2O4/c1-10(2)9(14)12-6(8(13)15-3)5-16-7(12)4-11-10/h6-7,11H,4-5H2,1-3H3/t6-,7?/m1/s1. The zero-order chi connectivity index (χ0) is 11.9. The Morgan fingerprint density at radius 2 is 2.31 bits per heavy atom. The summed E-state index contributed by atoms with van der Waals surface area (Å²) in [5.41, 5.74) is -0.656. The van der Waals surface area contributed by atoms with Gasteiger partial charge in [0.15, 0.2) is 6.04 Å². The summed E-state index contributed by atoms with van der Waals surface area (Å²) in [4.78, 5) is 25.1. The average Bonchev–Trinajstić information content (AvgIpc) is 2.67. The van der Waals surface area contributed by atoms with E-state index in [9.17, 15) is 9.59 Å². The van der Waals surface area contributed by atoms with Gasteiger partial charge in [-0.25, -0.2) is 4.79 Å². The Labute approximate surface area is 93.9 Å². The number of rotatable bonds is 1. The summed E-state index contributed by atoms with van der Waals surface area (Å²) in [7, 11) is 1.31. The summed E-state index contributed by atoms with van der Waals surface area (Å²) in [6.45, 7) is 4.32. The van der Waals surface area contributed by atoms with Crippen LogP contribution in [0.1, 0.15) is 13.8 Å². The number of carbonyl (C=O) groups excluding carboxylic acids is 2. The van der Waals surface area contributed by atoms with Crippen molar-refractivity contribution in [2.24, 2.45) is 0 Å². The van der Waals surface area contributed by atoms with Crippen LogP contribution in [0.5, 0.6) is 0 Å². The lowest BCUT2D eigenvalue weighted by molar-refractivity contribution is -0.158. The number of amides is 1. The van der Waals surface area contributed by atoms with Crippen LogP contribution in [0.2, 0.25) is 0 Å². The minimum absolute atomic E-state index is 0.128. The third kappa shape index (κ3) is 1.58. The Morgan fingerprint density at radius 3 is 2.94 bits per heavy atom. The van der Waals surface area contributed by atoms with Crippen LogP contribution in [-0.2, 0) is 19.1 Å². The van der Waals surface area contributed by atoms with E-state index >= 15 is 0 Å². The van der Waals surface area contributed by atoms with Crippen LogP contribution in [0.15, 0.2) is 0 Å². The number of fused-ring (bicyclic) bond motifs is 1. The van der Waals surface area contributed by atoms with E-state index in [1.807, 2.05) is 0 Å². The predicted octanol–water partition coefficient (Wildman–Crippen LogP) is -0.905. The molecule has 0 aliphatic carbocycles. The molecule has 0 saturated carbocycles. The molecule has 2 rings (SSSR count). The first kappa shape index (κ1) is 11.3. The Morgan fingerprint density at radius 1 is 1.62 bits per heavy atom. The highest BCUT2D eigenvalue weighted by Gasteiger charge is 2.50. The molecule has 1 amide bonds. The number of ether oxygens (including phenoxy) is 2. The lowest BCUT2D eigenvalue weighted by Crippen LogP contribution is -2.66. The van der Waals surface area contributed by atoms with Gasteiger partial charge in [0.2, 0.25) is 5.91 Å². The molecule has 0 radical (unpaired) electrons. The van der Waals surface area contributed by atoms with Crippen LogP contribution in [-0.4, -0.2) is 54.8 Å². The fraction of sp³-hybridized carbons (Fsp3) is 0.800. The molecule has 6 nitrogen and oxygen atoms in total. The quantitative estimate of drug-likeness (QED) is 0.589. The van der Waals surface area contributed by atoms with Gasteiger partial charge in [0.05, 0.1) is 19.3 Å². The number of hydrogen-bond donors (Lipinski definition) is 1. The number of hydrogen-bond acceptors (Lipinski definition) is 5. The van der Waals surface area contributed by atoms with Crippen molar-refractivity contribution in [3.8, 4) is 0 Å². The average molecular weight is 228 g/mol. The first-order valence-corrected chi connectivity index (χ1v) is 5.24. The second-order valence-corrected chi connectivity index (χ2v) is 4.55. The summed E-state index contributed by atoms with van der Waals surface area (Å²) in [5.74, 6) is -0.551. The Balaban J connectivity index is 2.23. The smallest absolute Gasteiger partial charge is 0.331 e. The van der Waals surface area contributed by atoms with Crippen molar-refractivity contribution >= 4 is 11.9 Å². The fourth-order valence-corrected chi connectivity index (χ4v) is 2.05. The number of esters is 1. The van der Waals surface area contributed by atoms with Gasteiger partial charge in [-0.15, -0.1) is 0 Å². The zero-order valence-electron chi connectivity index (χ0n) is 9.65. The SMILES string of the molecule is COC(=O)[C@H]1COC2CNC(C)(C)C(=O)N21. The molecule has 2 saturated heterocycles. The van der Waals surface area contributed by atoms with Crippen LogP contribution < -0.4 is 5.32 Å².